The van der Waals surface area contributed by atoms with Gasteiger partial charge in [0.2, 0.25) is 0 Å². The topological polar surface area (TPSA) is 94.9 Å². The number of nitrogens with one attached hydrogen (secondary N) is 1. The van der Waals surface area contributed by atoms with Crippen LogP contribution in [0.1, 0.15) is 58.8 Å². The zero-order valence-corrected chi connectivity index (χ0v) is 18.4. The number of morpholine rings is 1. The zero-order chi connectivity index (χ0) is 21.6. The van der Waals surface area contributed by atoms with Crippen molar-refractivity contribution in [2.45, 2.75) is 76.5 Å². The number of carbonyl (C=O) groups is 2. The maximum atomic E-state index is 13.1. The van der Waals surface area contributed by atoms with Crippen LogP contribution in [0, 0.1) is 17.2 Å². The van der Waals surface area contributed by atoms with E-state index in [9.17, 15) is 14.9 Å². The molecule has 0 aromatic heterocycles. The SMILES string of the molecule is CC(C)CC(OC(=O)N1CCOCC1)C(=O)NC1(C#N)CCN(C2CCCCC2)C1. The minimum Gasteiger partial charge on any atom is -0.436 e. The molecule has 1 aliphatic carbocycles. The Morgan fingerprint density at radius 1 is 1.20 bits per heavy atom. The number of likely N-dealkylation sites (tertiary alicyclic amines) is 1. The van der Waals surface area contributed by atoms with Gasteiger partial charge in [-0.25, -0.2) is 4.79 Å². The molecular weight excluding hydrogens is 384 g/mol. The summed E-state index contributed by atoms with van der Waals surface area (Å²) in [7, 11) is 0. The van der Waals surface area contributed by atoms with Gasteiger partial charge < -0.3 is 19.7 Å². The Morgan fingerprint density at radius 3 is 2.53 bits per heavy atom. The van der Waals surface area contributed by atoms with Gasteiger partial charge in [0.05, 0.1) is 19.3 Å². The number of nitrogens with zero attached hydrogens (tertiary/aromatic N) is 3. The van der Waals surface area contributed by atoms with Crippen molar-refractivity contribution in [1.82, 2.24) is 15.1 Å². The molecule has 0 radical (unpaired) electrons. The normalized spacial score (nSPS) is 26.9. The molecule has 1 N–H and O–H groups in total. The fourth-order valence-electron chi connectivity index (χ4n) is 4.71. The molecule has 2 amide bonds. The first-order chi connectivity index (χ1) is 14.4. The van der Waals surface area contributed by atoms with Gasteiger partial charge in [-0.1, -0.05) is 33.1 Å². The molecule has 2 atom stereocenters. The molecule has 168 valence electrons. The van der Waals surface area contributed by atoms with Crippen molar-refractivity contribution in [3.05, 3.63) is 0 Å². The third-order valence-electron chi connectivity index (χ3n) is 6.46. The summed E-state index contributed by atoms with van der Waals surface area (Å²) in [5.41, 5.74) is -0.908. The van der Waals surface area contributed by atoms with Crippen LogP contribution in [0.2, 0.25) is 0 Å². The smallest absolute Gasteiger partial charge is 0.410 e. The first-order valence-electron chi connectivity index (χ1n) is 11.4. The van der Waals surface area contributed by atoms with Crippen molar-refractivity contribution >= 4 is 12.0 Å². The van der Waals surface area contributed by atoms with E-state index in [0.29, 0.717) is 51.7 Å². The van der Waals surface area contributed by atoms with Crippen LogP contribution in [0.3, 0.4) is 0 Å². The van der Waals surface area contributed by atoms with Crippen molar-refractivity contribution in [1.29, 1.82) is 5.26 Å². The summed E-state index contributed by atoms with van der Waals surface area (Å²) < 4.78 is 10.9. The van der Waals surface area contributed by atoms with Gasteiger partial charge in [0.1, 0.15) is 5.54 Å². The van der Waals surface area contributed by atoms with E-state index in [1.54, 1.807) is 4.90 Å². The van der Waals surface area contributed by atoms with Crippen LogP contribution in [-0.4, -0.2) is 78.9 Å². The van der Waals surface area contributed by atoms with Crippen molar-refractivity contribution in [3.63, 3.8) is 0 Å². The van der Waals surface area contributed by atoms with E-state index in [1.807, 2.05) is 13.8 Å². The summed E-state index contributed by atoms with van der Waals surface area (Å²) in [5, 5.41) is 12.9. The fraction of sp³-hybridized carbons (Fsp3) is 0.864. The molecule has 2 heterocycles. The predicted octanol–water partition coefficient (Wildman–Crippen LogP) is 2.29. The van der Waals surface area contributed by atoms with Crippen molar-refractivity contribution < 1.29 is 19.1 Å². The maximum Gasteiger partial charge on any atom is 0.410 e. The summed E-state index contributed by atoms with van der Waals surface area (Å²) >= 11 is 0. The van der Waals surface area contributed by atoms with Gasteiger partial charge in [0, 0.05) is 32.2 Å². The lowest BCUT2D eigenvalue weighted by molar-refractivity contribution is -0.132. The number of carbonyl (C=O) groups excluding carboxylic acids is 2. The van der Waals surface area contributed by atoms with E-state index < -0.39 is 17.7 Å². The average molecular weight is 421 g/mol. The number of nitriles is 1. The standard InChI is InChI=1S/C22H36N4O4/c1-17(2)14-19(30-21(28)25-10-12-29-13-11-25)20(27)24-22(15-23)8-9-26(16-22)18-6-4-3-5-7-18/h17-19H,3-14,16H2,1-2H3,(H,24,27). The summed E-state index contributed by atoms with van der Waals surface area (Å²) in [6, 6.07) is 2.87. The first-order valence-corrected chi connectivity index (χ1v) is 11.4. The lowest BCUT2D eigenvalue weighted by Crippen LogP contribution is -2.54. The van der Waals surface area contributed by atoms with Crippen LogP contribution < -0.4 is 5.32 Å². The van der Waals surface area contributed by atoms with Crippen molar-refractivity contribution in [2.24, 2.45) is 5.92 Å². The Labute approximate surface area is 179 Å². The molecule has 2 saturated heterocycles. The Morgan fingerprint density at radius 2 is 1.90 bits per heavy atom. The highest BCUT2D eigenvalue weighted by Gasteiger charge is 2.43. The highest BCUT2D eigenvalue weighted by Crippen LogP contribution is 2.30. The summed E-state index contributed by atoms with van der Waals surface area (Å²) in [4.78, 5) is 29.6. The van der Waals surface area contributed by atoms with E-state index >= 15 is 0 Å². The third-order valence-corrected chi connectivity index (χ3v) is 6.46. The number of hydrogen-bond acceptors (Lipinski definition) is 6. The Kier molecular flexibility index (Phi) is 7.95. The molecule has 0 spiro atoms. The molecule has 0 aromatic rings. The van der Waals surface area contributed by atoms with Gasteiger partial charge in [-0.3, -0.25) is 9.69 Å². The number of ether oxygens (including phenoxy) is 2. The van der Waals surface area contributed by atoms with Gasteiger partial charge in [0.15, 0.2) is 6.10 Å². The van der Waals surface area contributed by atoms with Crippen LogP contribution in [0.4, 0.5) is 4.79 Å². The van der Waals surface area contributed by atoms with Crippen LogP contribution in [-0.2, 0) is 14.3 Å². The maximum absolute atomic E-state index is 13.1. The molecule has 0 bridgehead atoms. The minimum absolute atomic E-state index is 0.179. The largest absolute Gasteiger partial charge is 0.436 e. The average Bonchev–Trinajstić information content (AvgIpc) is 3.18. The second-order valence-corrected chi connectivity index (χ2v) is 9.30. The molecule has 8 heteroatoms. The molecule has 1 saturated carbocycles. The van der Waals surface area contributed by atoms with E-state index in [-0.39, 0.29) is 11.8 Å². The quantitative estimate of drug-likeness (QED) is 0.708. The third kappa shape index (κ3) is 5.86. The van der Waals surface area contributed by atoms with Gasteiger partial charge in [-0.15, -0.1) is 0 Å². The molecule has 2 unspecified atom stereocenters. The number of rotatable bonds is 6. The van der Waals surface area contributed by atoms with E-state index in [4.69, 9.17) is 9.47 Å². The second kappa shape index (κ2) is 10.5. The fourth-order valence-corrected chi connectivity index (χ4v) is 4.71. The monoisotopic (exact) mass is 420 g/mol. The van der Waals surface area contributed by atoms with Gasteiger partial charge in [0.25, 0.3) is 5.91 Å². The first kappa shape index (κ1) is 22.8. The van der Waals surface area contributed by atoms with Crippen LogP contribution in [0.15, 0.2) is 0 Å². The molecule has 8 nitrogen and oxygen atoms in total. The van der Waals surface area contributed by atoms with Crippen LogP contribution in [0.5, 0.6) is 0 Å². The highest BCUT2D eigenvalue weighted by molar-refractivity contribution is 5.84. The summed E-state index contributed by atoms with van der Waals surface area (Å²) in [6.45, 7) is 7.23. The van der Waals surface area contributed by atoms with Crippen molar-refractivity contribution in [3.8, 4) is 6.07 Å². The van der Waals surface area contributed by atoms with E-state index in [2.05, 4.69) is 16.3 Å². The minimum atomic E-state index is -0.908. The summed E-state index contributed by atoms with van der Waals surface area (Å²) in [6.07, 6.45) is 5.76. The molecule has 3 aliphatic rings. The Bertz CT molecular complexity index is 638. The molecule has 3 rings (SSSR count). The second-order valence-electron chi connectivity index (χ2n) is 9.30. The van der Waals surface area contributed by atoms with Gasteiger partial charge in [-0.2, -0.15) is 5.26 Å². The molecular formula is C22H36N4O4. The highest BCUT2D eigenvalue weighted by atomic mass is 16.6. The molecule has 30 heavy (non-hydrogen) atoms. The predicted molar refractivity (Wildman–Crippen MR) is 112 cm³/mol. The van der Waals surface area contributed by atoms with Gasteiger partial charge >= 0.3 is 6.09 Å². The van der Waals surface area contributed by atoms with Crippen LogP contribution >= 0.6 is 0 Å². The molecule has 3 fully saturated rings. The lowest BCUT2D eigenvalue weighted by Gasteiger charge is -2.33. The Hall–Kier alpha value is -1.85. The number of amides is 2. The summed E-state index contributed by atoms with van der Waals surface area (Å²) in [5.74, 6) is -0.184. The molecule has 0 aromatic carbocycles. The number of hydrogen-bond donors (Lipinski definition) is 1. The van der Waals surface area contributed by atoms with Crippen LogP contribution in [0.25, 0.3) is 0 Å². The van der Waals surface area contributed by atoms with Crippen molar-refractivity contribution in [2.75, 3.05) is 39.4 Å². The molecule has 2 aliphatic heterocycles. The van der Waals surface area contributed by atoms with Gasteiger partial charge in [-0.05, 0) is 31.6 Å². The Balaban J connectivity index is 1.61. The van der Waals surface area contributed by atoms with E-state index in [0.717, 1.165) is 6.54 Å². The lowest BCUT2D eigenvalue weighted by atomic mass is 9.94. The van der Waals surface area contributed by atoms with E-state index in [1.165, 1.54) is 32.1 Å². The zero-order valence-electron chi connectivity index (χ0n) is 18.4.